The van der Waals surface area contributed by atoms with Crippen molar-refractivity contribution in [1.82, 2.24) is 4.98 Å². The quantitative estimate of drug-likeness (QED) is 0.565. The Bertz CT molecular complexity index is 238. The molecule has 1 aromatic rings. The zero-order chi connectivity index (χ0) is 7.56. The van der Waals surface area contributed by atoms with Gasteiger partial charge in [0.1, 0.15) is 5.82 Å². The lowest BCUT2D eigenvalue weighted by Crippen LogP contribution is -1.95. The fourth-order valence-electron chi connectivity index (χ4n) is 0.627. The molecule has 0 aliphatic heterocycles. The molecule has 0 saturated carbocycles. The van der Waals surface area contributed by atoms with E-state index in [1.807, 2.05) is 0 Å². The average Bonchev–Trinajstić information content (AvgIpc) is 1.88. The van der Waals surface area contributed by atoms with Crippen molar-refractivity contribution in [2.24, 2.45) is 0 Å². The topological polar surface area (TPSA) is 62.8 Å². The molecule has 0 unspecified atom stereocenters. The maximum Gasteiger partial charge on any atom is 0.123 e. The summed E-state index contributed by atoms with van der Waals surface area (Å²) >= 11 is 0. The van der Waals surface area contributed by atoms with Gasteiger partial charge in [0.2, 0.25) is 0 Å². The molecule has 0 aliphatic rings. The average molecular weight is 135 g/mol. The third kappa shape index (κ3) is 1.31. The number of nitrogens with zero attached hydrogens (tertiary/aromatic N) is 1. The smallest absolute Gasteiger partial charge is 0.123 e. The highest BCUT2D eigenvalue weighted by atomic mass is 14.8. The van der Waals surface area contributed by atoms with Gasteiger partial charge in [-0.2, -0.15) is 0 Å². The predicted molar refractivity (Wildman–Crippen MR) is 41.2 cm³/mol. The molecule has 0 fully saturated rings. The fraction of sp³-hybridized carbons (Fsp3) is 0.143. The molecule has 0 spiro atoms. The van der Waals surface area contributed by atoms with E-state index in [0.29, 0.717) is 11.5 Å². The molecule has 1 rings (SSSR count). The van der Waals surface area contributed by atoms with Crippen molar-refractivity contribution in [3.05, 3.63) is 23.9 Å². The minimum absolute atomic E-state index is 0.491. The van der Waals surface area contributed by atoms with Crippen LogP contribution in [-0.2, 0) is 0 Å². The highest BCUT2D eigenvalue weighted by molar-refractivity contribution is 5.95. The summed E-state index contributed by atoms with van der Waals surface area (Å²) in [5.74, 6) is 0.491. The zero-order valence-electron chi connectivity index (χ0n) is 5.76. The number of hydrogen-bond donors (Lipinski definition) is 2. The van der Waals surface area contributed by atoms with E-state index in [0.717, 1.165) is 5.56 Å². The summed E-state index contributed by atoms with van der Waals surface area (Å²) in [6.45, 7) is 1.72. The van der Waals surface area contributed by atoms with Crippen LogP contribution in [0.25, 0.3) is 0 Å². The monoisotopic (exact) mass is 135 g/mol. The summed E-state index contributed by atoms with van der Waals surface area (Å²) in [4.78, 5) is 3.84. The number of nitrogens with two attached hydrogens (primary N) is 1. The van der Waals surface area contributed by atoms with Gasteiger partial charge in [0, 0.05) is 17.5 Å². The van der Waals surface area contributed by atoms with Gasteiger partial charge in [-0.3, -0.25) is 0 Å². The minimum atomic E-state index is 0.491. The van der Waals surface area contributed by atoms with Gasteiger partial charge in [0.15, 0.2) is 0 Å². The molecule has 0 bridgehead atoms. The number of aromatic nitrogens is 1. The molecule has 1 heterocycles. The normalized spacial score (nSPS) is 9.30. The Hall–Kier alpha value is -1.38. The van der Waals surface area contributed by atoms with E-state index in [1.54, 1.807) is 25.3 Å². The van der Waals surface area contributed by atoms with Crippen molar-refractivity contribution in [2.45, 2.75) is 6.92 Å². The lowest BCUT2D eigenvalue weighted by Gasteiger charge is -1.95. The van der Waals surface area contributed by atoms with Crippen molar-refractivity contribution in [3.8, 4) is 0 Å². The van der Waals surface area contributed by atoms with Crippen LogP contribution in [0.1, 0.15) is 12.5 Å². The van der Waals surface area contributed by atoms with Crippen LogP contribution in [-0.4, -0.2) is 10.7 Å². The van der Waals surface area contributed by atoms with Crippen molar-refractivity contribution < 1.29 is 0 Å². The van der Waals surface area contributed by atoms with E-state index < -0.39 is 0 Å². The molecule has 0 radical (unpaired) electrons. The summed E-state index contributed by atoms with van der Waals surface area (Å²) in [5, 5.41) is 7.23. The summed E-state index contributed by atoms with van der Waals surface area (Å²) in [6, 6.07) is 3.47. The van der Waals surface area contributed by atoms with Gasteiger partial charge in [-0.1, -0.05) is 0 Å². The van der Waals surface area contributed by atoms with Gasteiger partial charge in [0.25, 0.3) is 0 Å². The molecule has 0 saturated heterocycles. The number of nitrogen functional groups attached to an aromatic ring is 1. The third-order valence-electron chi connectivity index (χ3n) is 1.22. The molecule has 10 heavy (non-hydrogen) atoms. The van der Waals surface area contributed by atoms with E-state index in [2.05, 4.69) is 4.98 Å². The van der Waals surface area contributed by atoms with Crippen LogP contribution in [0, 0.1) is 5.41 Å². The predicted octanol–water partition coefficient (Wildman–Crippen LogP) is 1.05. The highest BCUT2D eigenvalue weighted by Gasteiger charge is 1.92. The van der Waals surface area contributed by atoms with Crippen molar-refractivity contribution in [3.63, 3.8) is 0 Å². The first-order chi connectivity index (χ1) is 4.70. The Morgan fingerprint density at radius 1 is 1.60 bits per heavy atom. The molecule has 0 aromatic carbocycles. The number of anilines is 1. The standard InChI is InChI=1S/C7H9N3/c1-5(8)6-2-3-7(9)10-4-6/h2-4,8H,1H3,(H2,9,10). The number of nitrogens with one attached hydrogen (secondary N) is 1. The van der Waals surface area contributed by atoms with Crippen LogP contribution in [0.3, 0.4) is 0 Å². The lowest BCUT2D eigenvalue weighted by atomic mass is 10.2. The van der Waals surface area contributed by atoms with E-state index in [4.69, 9.17) is 11.1 Å². The SMILES string of the molecule is CC(=N)c1ccc(N)nc1. The number of rotatable bonds is 1. The van der Waals surface area contributed by atoms with Gasteiger partial charge in [0.05, 0.1) is 0 Å². The maximum absolute atomic E-state index is 7.23. The lowest BCUT2D eigenvalue weighted by molar-refractivity contribution is 1.31. The summed E-state index contributed by atoms with van der Waals surface area (Å²) in [6.07, 6.45) is 1.59. The molecule has 0 aliphatic carbocycles. The molecule has 52 valence electrons. The Morgan fingerprint density at radius 2 is 2.30 bits per heavy atom. The largest absolute Gasteiger partial charge is 0.384 e. The van der Waals surface area contributed by atoms with Crippen molar-refractivity contribution in [2.75, 3.05) is 5.73 Å². The van der Waals surface area contributed by atoms with Gasteiger partial charge in [-0.05, 0) is 19.1 Å². The van der Waals surface area contributed by atoms with Crippen LogP contribution in [0.5, 0.6) is 0 Å². The van der Waals surface area contributed by atoms with Gasteiger partial charge >= 0.3 is 0 Å². The third-order valence-corrected chi connectivity index (χ3v) is 1.22. The van der Waals surface area contributed by atoms with Gasteiger partial charge in [-0.15, -0.1) is 0 Å². The molecule has 1 aromatic heterocycles. The van der Waals surface area contributed by atoms with Gasteiger partial charge in [-0.25, -0.2) is 4.98 Å². The van der Waals surface area contributed by atoms with E-state index >= 15 is 0 Å². The molecule has 3 N–H and O–H groups in total. The number of hydrogen-bond acceptors (Lipinski definition) is 3. The molecule has 3 nitrogen and oxygen atoms in total. The van der Waals surface area contributed by atoms with Gasteiger partial charge < -0.3 is 11.1 Å². The van der Waals surface area contributed by atoms with Crippen LogP contribution in [0.2, 0.25) is 0 Å². The second-order valence-corrected chi connectivity index (χ2v) is 2.10. The summed E-state index contributed by atoms with van der Waals surface area (Å²) < 4.78 is 0. The van der Waals surface area contributed by atoms with E-state index in [1.165, 1.54) is 0 Å². The molecule has 0 atom stereocenters. The molecular formula is C7H9N3. The summed E-state index contributed by atoms with van der Waals surface area (Å²) in [7, 11) is 0. The minimum Gasteiger partial charge on any atom is -0.384 e. The van der Waals surface area contributed by atoms with Crippen molar-refractivity contribution in [1.29, 1.82) is 5.41 Å². The first-order valence-corrected chi connectivity index (χ1v) is 2.97. The second kappa shape index (κ2) is 2.47. The Labute approximate surface area is 59.4 Å². The van der Waals surface area contributed by atoms with Crippen LogP contribution in [0.4, 0.5) is 5.82 Å². The Balaban J connectivity index is 3.00. The van der Waals surface area contributed by atoms with E-state index in [9.17, 15) is 0 Å². The van der Waals surface area contributed by atoms with Crippen LogP contribution < -0.4 is 5.73 Å². The highest BCUT2D eigenvalue weighted by Crippen LogP contribution is 2.00. The molecule has 0 amide bonds. The van der Waals surface area contributed by atoms with Crippen molar-refractivity contribution >= 4 is 11.5 Å². The van der Waals surface area contributed by atoms with Crippen LogP contribution >= 0.6 is 0 Å². The Kier molecular flexibility index (Phi) is 1.67. The molecule has 3 heteroatoms. The Morgan fingerprint density at radius 3 is 2.70 bits per heavy atom. The first-order valence-electron chi connectivity index (χ1n) is 2.97. The van der Waals surface area contributed by atoms with Crippen LogP contribution in [0.15, 0.2) is 18.3 Å². The number of pyridine rings is 1. The molecular weight excluding hydrogens is 126 g/mol. The maximum atomic E-state index is 7.23. The fourth-order valence-corrected chi connectivity index (χ4v) is 0.627. The van der Waals surface area contributed by atoms with E-state index in [-0.39, 0.29) is 0 Å². The summed E-state index contributed by atoms with van der Waals surface area (Å²) in [5.41, 5.74) is 6.67. The second-order valence-electron chi connectivity index (χ2n) is 2.10. The zero-order valence-corrected chi connectivity index (χ0v) is 5.76. The first kappa shape index (κ1) is 6.74.